The molecule has 0 bridgehead atoms. The Balaban J connectivity index is 1.91. The van der Waals surface area contributed by atoms with Crippen molar-refractivity contribution in [1.82, 2.24) is 4.98 Å². The minimum absolute atomic E-state index is 0.00996. The summed E-state index contributed by atoms with van der Waals surface area (Å²) >= 11 is 1.22. The topological polar surface area (TPSA) is 166 Å². The van der Waals surface area contributed by atoms with Crippen LogP contribution in [0.25, 0.3) is 0 Å². The Bertz CT molecular complexity index is 947. The maximum Gasteiger partial charge on any atom is 0.549 e. The van der Waals surface area contributed by atoms with Crippen LogP contribution in [0.2, 0.25) is 0 Å². The minimum atomic E-state index is -1.37. The molecule has 0 aliphatic carbocycles. The fraction of sp³-hybridized carbons (Fsp3) is 0.250. The Morgan fingerprint density at radius 3 is 2.96 bits per heavy atom. The number of rotatable bonds is 6. The molecular formula is C16H18BN5O5S. The molecule has 12 heteroatoms. The summed E-state index contributed by atoms with van der Waals surface area (Å²) in [6.07, 6.45) is 0.236. The molecule has 2 aromatic rings. The fourth-order valence-corrected chi connectivity index (χ4v) is 3.23. The Labute approximate surface area is 164 Å². The molecule has 0 amide bonds. The summed E-state index contributed by atoms with van der Waals surface area (Å²) in [7, 11) is -1.37. The van der Waals surface area contributed by atoms with Crippen LogP contribution in [-0.4, -0.2) is 52.3 Å². The molecule has 10 nitrogen and oxygen atoms in total. The van der Waals surface area contributed by atoms with Gasteiger partial charge in [0.15, 0.2) is 10.8 Å². The molecule has 0 spiro atoms. The van der Waals surface area contributed by atoms with Crippen LogP contribution in [0.4, 0.5) is 5.13 Å². The normalized spacial score (nSPS) is 17.1. The van der Waals surface area contributed by atoms with Crippen molar-refractivity contribution in [2.45, 2.75) is 19.3 Å². The third-order valence-electron chi connectivity index (χ3n) is 3.92. The van der Waals surface area contributed by atoms with Crippen LogP contribution in [-0.2, 0) is 11.3 Å². The summed E-state index contributed by atoms with van der Waals surface area (Å²) in [5.41, 5.74) is 12.9. The van der Waals surface area contributed by atoms with Crippen molar-refractivity contribution in [2.24, 2.45) is 15.9 Å². The van der Waals surface area contributed by atoms with Gasteiger partial charge in [0.2, 0.25) is 0 Å². The summed E-state index contributed by atoms with van der Waals surface area (Å²) in [4.78, 5) is 24.9. The molecule has 1 atom stereocenters. The summed E-state index contributed by atoms with van der Waals surface area (Å²) in [6, 6.07) is 4.72. The Hall–Kier alpha value is -3.12. The maximum absolute atomic E-state index is 11.3. The van der Waals surface area contributed by atoms with Gasteiger partial charge in [-0.3, -0.25) is 4.99 Å². The molecule has 0 saturated carbocycles. The summed E-state index contributed by atoms with van der Waals surface area (Å²) in [5, 5.41) is 25.5. The number of benzene rings is 1. The molecule has 3 rings (SSSR count). The zero-order valence-corrected chi connectivity index (χ0v) is 15.7. The number of amidine groups is 1. The average Bonchev–Trinajstić information content (AvgIpc) is 3.08. The van der Waals surface area contributed by atoms with Gasteiger partial charge in [-0.2, -0.15) is 0 Å². The number of thiazole rings is 1. The zero-order valence-electron chi connectivity index (χ0n) is 14.9. The van der Waals surface area contributed by atoms with E-state index >= 15 is 0 Å². The second-order valence-corrected chi connectivity index (χ2v) is 6.71. The summed E-state index contributed by atoms with van der Waals surface area (Å²) < 4.78 is 5.42. The number of hydrogen-bond donors (Lipinski definition) is 4. The van der Waals surface area contributed by atoms with E-state index in [-0.39, 0.29) is 29.3 Å². The molecule has 0 fully saturated rings. The molecule has 0 unspecified atom stereocenters. The number of aromatic nitrogens is 1. The molecule has 28 heavy (non-hydrogen) atoms. The van der Waals surface area contributed by atoms with Crippen molar-refractivity contribution < 1.29 is 24.4 Å². The number of anilines is 1. The lowest BCUT2D eigenvalue weighted by Gasteiger charge is -2.26. The Kier molecular flexibility index (Phi) is 5.80. The van der Waals surface area contributed by atoms with E-state index in [4.69, 9.17) is 21.0 Å². The smallest absolute Gasteiger partial charge is 0.534 e. The summed E-state index contributed by atoms with van der Waals surface area (Å²) in [6.45, 7) is 2.08. The monoisotopic (exact) mass is 403 g/mol. The molecule has 0 radical (unpaired) electrons. The van der Waals surface area contributed by atoms with Gasteiger partial charge < -0.3 is 31.1 Å². The second-order valence-electron chi connectivity index (χ2n) is 5.82. The molecule has 1 aliphatic rings. The lowest BCUT2D eigenvalue weighted by atomic mass is 9.72. The maximum atomic E-state index is 11.3. The number of nitrogen functional groups attached to an aromatic ring is 1. The first-order valence-corrected chi connectivity index (χ1v) is 9.23. The Morgan fingerprint density at radius 1 is 1.54 bits per heavy atom. The van der Waals surface area contributed by atoms with Crippen LogP contribution in [0.3, 0.4) is 0 Å². The number of para-hydroxylation sites is 1. The second kappa shape index (κ2) is 8.27. The predicted molar refractivity (Wildman–Crippen MR) is 106 cm³/mol. The van der Waals surface area contributed by atoms with Crippen LogP contribution < -0.4 is 16.1 Å². The lowest BCUT2D eigenvalue weighted by molar-refractivity contribution is 0.0694. The quantitative estimate of drug-likeness (QED) is 0.235. The molecule has 6 N–H and O–H groups in total. The predicted octanol–water partition coefficient (Wildman–Crippen LogP) is 0.545. The first kappa shape index (κ1) is 19.6. The molecule has 146 valence electrons. The number of carboxylic acid groups (broad SMARTS) is 1. The molecule has 1 aromatic carbocycles. The van der Waals surface area contributed by atoms with Crippen molar-refractivity contribution in [3.63, 3.8) is 0 Å². The fourth-order valence-electron chi connectivity index (χ4n) is 2.68. The van der Waals surface area contributed by atoms with Crippen molar-refractivity contribution in [1.29, 1.82) is 0 Å². The van der Waals surface area contributed by atoms with E-state index in [9.17, 15) is 14.9 Å². The van der Waals surface area contributed by atoms with Gasteiger partial charge in [0, 0.05) is 5.38 Å². The molecular weight excluding hydrogens is 385 g/mol. The van der Waals surface area contributed by atoms with E-state index in [1.807, 2.05) is 0 Å². The van der Waals surface area contributed by atoms with Crippen molar-refractivity contribution in [3.05, 3.63) is 40.4 Å². The SMILES string of the molecule is CCO/N=C(\C(N)=N\[C@H]1Cc2cccc(C(=O)O)c2OB1O)c1csc(N)n1. The van der Waals surface area contributed by atoms with Crippen LogP contribution >= 0.6 is 11.3 Å². The number of aromatic carboxylic acids is 1. The lowest BCUT2D eigenvalue weighted by Crippen LogP contribution is -2.43. The minimum Gasteiger partial charge on any atom is -0.534 e. The van der Waals surface area contributed by atoms with E-state index in [1.165, 1.54) is 17.4 Å². The first-order chi connectivity index (χ1) is 13.4. The van der Waals surface area contributed by atoms with Gasteiger partial charge in [-0.05, 0) is 25.0 Å². The van der Waals surface area contributed by atoms with Crippen LogP contribution in [0.5, 0.6) is 5.75 Å². The number of carbonyl (C=O) groups is 1. The van der Waals surface area contributed by atoms with E-state index in [0.717, 1.165) is 0 Å². The van der Waals surface area contributed by atoms with Crippen molar-refractivity contribution >= 4 is 41.1 Å². The number of hydrogen-bond acceptors (Lipinski definition) is 9. The van der Waals surface area contributed by atoms with Gasteiger partial charge in [0.1, 0.15) is 29.8 Å². The molecule has 1 aromatic heterocycles. The average molecular weight is 403 g/mol. The number of carboxylic acids is 1. The van der Waals surface area contributed by atoms with Gasteiger partial charge in [0.05, 0.1) is 5.56 Å². The van der Waals surface area contributed by atoms with Gasteiger partial charge in [-0.1, -0.05) is 17.3 Å². The molecule has 0 saturated heterocycles. The highest BCUT2D eigenvalue weighted by Gasteiger charge is 2.37. The van der Waals surface area contributed by atoms with Gasteiger partial charge in [-0.15, -0.1) is 11.3 Å². The largest absolute Gasteiger partial charge is 0.549 e. The molecule has 2 heterocycles. The third-order valence-corrected chi connectivity index (χ3v) is 4.59. The highest BCUT2D eigenvalue weighted by molar-refractivity contribution is 7.13. The number of aliphatic imine (C=N–C) groups is 1. The standard InChI is InChI=1S/C16H18BN5O5S/c1-2-26-22-12(10-7-28-16(19)20-10)14(18)21-11-6-8-4-3-5-9(15(23)24)13(8)27-17(11)25/h3-5,7,11,25H,2,6H2,1H3,(H2,18,21)(H2,19,20)(H,23,24)/b22-12-/t11-/m0/s1. The van der Waals surface area contributed by atoms with Gasteiger partial charge in [0.25, 0.3) is 0 Å². The van der Waals surface area contributed by atoms with E-state index in [2.05, 4.69) is 15.1 Å². The first-order valence-electron chi connectivity index (χ1n) is 8.35. The number of nitrogens with zero attached hydrogens (tertiary/aromatic N) is 3. The number of nitrogens with two attached hydrogens (primary N) is 2. The summed E-state index contributed by atoms with van der Waals surface area (Å²) in [5.74, 6) is -1.79. The van der Waals surface area contributed by atoms with Gasteiger partial charge in [-0.25, -0.2) is 9.78 Å². The van der Waals surface area contributed by atoms with E-state index in [1.54, 1.807) is 24.4 Å². The van der Waals surface area contributed by atoms with Crippen LogP contribution in [0.15, 0.2) is 33.7 Å². The highest BCUT2D eigenvalue weighted by Crippen LogP contribution is 2.31. The van der Waals surface area contributed by atoms with Crippen molar-refractivity contribution in [2.75, 3.05) is 12.3 Å². The van der Waals surface area contributed by atoms with E-state index in [0.29, 0.717) is 23.0 Å². The van der Waals surface area contributed by atoms with Crippen molar-refractivity contribution in [3.8, 4) is 5.75 Å². The highest BCUT2D eigenvalue weighted by atomic mass is 32.1. The Morgan fingerprint density at radius 2 is 2.32 bits per heavy atom. The third kappa shape index (κ3) is 4.07. The number of fused-ring (bicyclic) bond motifs is 1. The van der Waals surface area contributed by atoms with E-state index < -0.39 is 19.0 Å². The van der Waals surface area contributed by atoms with Crippen LogP contribution in [0, 0.1) is 0 Å². The van der Waals surface area contributed by atoms with Crippen LogP contribution in [0.1, 0.15) is 28.5 Å². The zero-order chi connectivity index (χ0) is 20.3. The number of oxime groups is 1. The molecule has 1 aliphatic heterocycles. The van der Waals surface area contributed by atoms with Gasteiger partial charge >= 0.3 is 13.1 Å².